The predicted molar refractivity (Wildman–Crippen MR) is 33.1 cm³/mol. The van der Waals surface area contributed by atoms with E-state index in [9.17, 15) is 4.79 Å². The monoisotopic (exact) mass is 132 g/mol. The summed E-state index contributed by atoms with van der Waals surface area (Å²) in [6, 6.07) is 0. The highest BCUT2D eigenvalue weighted by Crippen LogP contribution is 2.07. The highest BCUT2D eigenvalue weighted by Gasteiger charge is 2.19. The molecule has 0 aromatic rings. The van der Waals surface area contributed by atoms with E-state index in [1.807, 2.05) is 0 Å². The molecule has 0 saturated heterocycles. The van der Waals surface area contributed by atoms with Gasteiger partial charge in [0.1, 0.15) is 0 Å². The molecule has 0 saturated carbocycles. The smallest absolute Gasteiger partial charge is 0.309 e. The lowest BCUT2D eigenvalue weighted by molar-refractivity contribution is -0.145. The highest BCUT2D eigenvalue weighted by atomic mass is 16.4. The first-order valence-corrected chi connectivity index (χ1v) is 3.00. The molecule has 0 heterocycles. The van der Waals surface area contributed by atoms with Crippen molar-refractivity contribution >= 4 is 5.97 Å². The second-order valence-electron chi connectivity index (χ2n) is 2.09. The van der Waals surface area contributed by atoms with Gasteiger partial charge in [-0.15, -0.1) is 0 Å². The number of aliphatic carboxylic acids is 1. The Morgan fingerprint density at radius 3 is 2.11 bits per heavy atom. The zero-order chi connectivity index (χ0) is 7.44. The van der Waals surface area contributed by atoms with E-state index in [2.05, 4.69) is 0 Å². The van der Waals surface area contributed by atoms with Gasteiger partial charge in [0.15, 0.2) is 0 Å². The summed E-state index contributed by atoms with van der Waals surface area (Å²) in [7, 11) is 0. The first-order valence-electron chi connectivity index (χ1n) is 3.00. The fourth-order valence-corrected chi connectivity index (χ4v) is 0.722. The molecule has 0 rings (SSSR count). The van der Waals surface area contributed by atoms with Crippen molar-refractivity contribution < 1.29 is 15.0 Å². The maximum absolute atomic E-state index is 10.2. The largest absolute Gasteiger partial charge is 0.481 e. The van der Waals surface area contributed by atoms with E-state index in [0.717, 1.165) is 0 Å². The molecule has 0 aromatic heterocycles. The summed E-state index contributed by atoms with van der Waals surface area (Å²) < 4.78 is 0. The molecular formula is C6H12O3. The van der Waals surface area contributed by atoms with E-state index in [1.54, 1.807) is 6.92 Å². The average molecular weight is 132 g/mol. The Balaban J connectivity index is 3.83. The molecule has 0 aromatic carbocycles. The SMILES string of the molecule is CCC(C(=O)O)C(C)O. The zero-order valence-corrected chi connectivity index (χ0v) is 5.66. The molecular weight excluding hydrogens is 120 g/mol. The zero-order valence-electron chi connectivity index (χ0n) is 5.66. The van der Waals surface area contributed by atoms with Crippen LogP contribution in [0.25, 0.3) is 0 Å². The Morgan fingerprint density at radius 1 is 1.67 bits per heavy atom. The standard InChI is InChI=1S/C6H12O3/c1-3-5(4(2)7)6(8)9/h4-5,7H,3H2,1-2H3,(H,8,9). The highest BCUT2D eigenvalue weighted by molar-refractivity contribution is 5.70. The van der Waals surface area contributed by atoms with Crippen LogP contribution in [0.4, 0.5) is 0 Å². The van der Waals surface area contributed by atoms with E-state index < -0.39 is 18.0 Å². The average Bonchev–Trinajstić information content (AvgIpc) is 1.64. The molecule has 3 nitrogen and oxygen atoms in total. The second-order valence-corrected chi connectivity index (χ2v) is 2.09. The van der Waals surface area contributed by atoms with Crippen LogP contribution in [0, 0.1) is 5.92 Å². The Bertz CT molecular complexity index is 98.5. The van der Waals surface area contributed by atoms with Crippen molar-refractivity contribution in [3.63, 3.8) is 0 Å². The molecule has 2 unspecified atom stereocenters. The predicted octanol–water partition coefficient (Wildman–Crippen LogP) is 0.478. The van der Waals surface area contributed by atoms with E-state index in [-0.39, 0.29) is 0 Å². The third-order valence-corrected chi connectivity index (χ3v) is 1.34. The van der Waals surface area contributed by atoms with Gasteiger partial charge in [-0.05, 0) is 13.3 Å². The van der Waals surface area contributed by atoms with Crippen molar-refractivity contribution in [3.8, 4) is 0 Å². The second kappa shape index (κ2) is 3.45. The van der Waals surface area contributed by atoms with Crippen LogP contribution in [0.15, 0.2) is 0 Å². The number of carbonyl (C=O) groups is 1. The van der Waals surface area contributed by atoms with Crippen LogP contribution >= 0.6 is 0 Å². The lowest BCUT2D eigenvalue weighted by Gasteiger charge is -2.11. The summed E-state index contributed by atoms with van der Waals surface area (Å²) in [6.07, 6.45) is -0.264. The number of hydrogen-bond donors (Lipinski definition) is 2. The minimum Gasteiger partial charge on any atom is -0.481 e. The first kappa shape index (κ1) is 8.43. The van der Waals surface area contributed by atoms with Crippen molar-refractivity contribution in [3.05, 3.63) is 0 Å². The molecule has 54 valence electrons. The number of rotatable bonds is 3. The van der Waals surface area contributed by atoms with E-state index >= 15 is 0 Å². The Hall–Kier alpha value is -0.570. The van der Waals surface area contributed by atoms with Crippen LogP contribution in [0.3, 0.4) is 0 Å². The van der Waals surface area contributed by atoms with Gasteiger partial charge in [0, 0.05) is 0 Å². The molecule has 9 heavy (non-hydrogen) atoms. The molecule has 0 amide bonds. The van der Waals surface area contributed by atoms with Crippen LogP contribution in [-0.4, -0.2) is 22.3 Å². The molecule has 3 heteroatoms. The van der Waals surface area contributed by atoms with Gasteiger partial charge >= 0.3 is 5.97 Å². The molecule has 0 bridgehead atoms. The van der Waals surface area contributed by atoms with Gasteiger partial charge in [-0.2, -0.15) is 0 Å². The van der Waals surface area contributed by atoms with Crippen molar-refractivity contribution in [1.82, 2.24) is 0 Å². The number of aliphatic hydroxyl groups is 1. The fraction of sp³-hybridized carbons (Fsp3) is 0.833. The molecule has 2 N–H and O–H groups in total. The summed E-state index contributed by atoms with van der Waals surface area (Å²) >= 11 is 0. The van der Waals surface area contributed by atoms with Gasteiger partial charge in [-0.1, -0.05) is 6.92 Å². The molecule has 0 spiro atoms. The minimum atomic E-state index is -0.924. The van der Waals surface area contributed by atoms with Crippen LogP contribution in [-0.2, 0) is 4.79 Å². The van der Waals surface area contributed by atoms with Crippen molar-refractivity contribution in [2.24, 2.45) is 5.92 Å². The Morgan fingerprint density at radius 2 is 2.11 bits per heavy atom. The van der Waals surface area contributed by atoms with Crippen LogP contribution in [0.2, 0.25) is 0 Å². The topological polar surface area (TPSA) is 57.5 Å². The first-order chi connectivity index (χ1) is 4.09. The molecule has 0 fully saturated rings. The Labute approximate surface area is 54.3 Å². The third-order valence-electron chi connectivity index (χ3n) is 1.34. The number of carboxylic acid groups (broad SMARTS) is 1. The van der Waals surface area contributed by atoms with E-state index in [0.29, 0.717) is 6.42 Å². The molecule has 0 radical (unpaired) electrons. The summed E-state index contributed by atoms with van der Waals surface area (Å²) in [5, 5.41) is 17.2. The molecule has 0 aliphatic heterocycles. The van der Waals surface area contributed by atoms with E-state index in [1.165, 1.54) is 6.92 Å². The number of hydrogen-bond acceptors (Lipinski definition) is 2. The van der Waals surface area contributed by atoms with Crippen molar-refractivity contribution in [1.29, 1.82) is 0 Å². The van der Waals surface area contributed by atoms with Gasteiger partial charge in [-0.3, -0.25) is 4.79 Å². The lowest BCUT2D eigenvalue weighted by atomic mass is 10.0. The van der Waals surface area contributed by atoms with E-state index in [4.69, 9.17) is 10.2 Å². The minimum absolute atomic E-state index is 0.479. The number of aliphatic hydroxyl groups excluding tert-OH is 1. The van der Waals surface area contributed by atoms with Crippen LogP contribution in [0.5, 0.6) is 0 Å². The number of carboxylic acids is 1. The molecule has 0 aliphatic carbocycles. The van der Waals surface area contributed by atoms with Gasteiger partial charge < -0.3 is 10.2 Å². The maximum atomic E-state index is 10.2. The summed E-state index contributed by atoms with van der Waals surface area (Å²) in [4.78, 5) is 10.2. The fourth-order valence-electron chi connectivity index (χ4n) is 0.722. The summed E-state index contributed by atoms with van der Waals surface area (Å²) in [5.41, 5.74) is 0. The third kappa shape index (κ3) is 2.46. The Kier molecular flexibility index (Phi) is 3.24. The summed E-state index contributed by atoms with van der Waals surface area (Å²) in [5.74, 6) is -1.53. The van der Waals surface area contributed by atoms with Crippen molar-refractivity contribution in [2.75, 3.05) is 0 Å². The van der Waals surface area contributed by atoms with Gasteiger partial charge in [0.25, 0.3) is 0 Å². The van der Waals surface area contributed by atoms with Crippen molar-refractivity contribution in [2.45, 2.75) is 26.4 Å². The van der Waals surface area contributed by atoms with Gasteiger partial charge in [-0.25, -0.2) is 0 Å². The lowest BCUT2D eigenvalue weighted by Crippen LogP contribution is -2.24. The van der Waals surface area contributed by atoms with Gasteiger partial charge in [0.2, 0.25) is 0 Å². The maximum Gasteiger partial charge on any atom is 0.309 e. The summed E-state index contributed by atoms with van der Waals surface area (Å²) in [6.45, 7) is 3.23. The van der Waals surface area contributed by atoms with Gasteiger partial charge in [0.05, 0.1) is 12.0 Å². The normalized spacial score (nSPS) is 16.8. The quantitative estimate of drug-likeness (QED) is 0.587. The molecule has 0 aliphatic rings. The van der Waals surface area contributed by atoms with Crippen LogP contribution in [0.1, 0.15) is 20.3 Å². The van der Waals surface area contributed by atoms with Crippen LogP contribution < -0.4 is 0 Å². The molecule has 2 atom stereocenters.